The Bertz CT molecular complexity index is 709. The van der Waals surface area contributed by atoms with Crippen molar-refractivity contribution < 1.29 is 18.7 Å². The maximum absolute atomic E-state index is 12.8. The normalized spacial score (nSPS) is 10.2. The van der Waals surface area contributed by atoms with Gasteiger partial charge in [-0.25, -0.2) is 4.39 Å². The fourth-order valence-corrected chi connectivity index (χ4v) is 3.00. The van der Waals surface area contributed by atoms with Crippen LogP contribution in [0.3, 0.4) is 0 Å². The summed E-state index contributed by atoms with van der Waals surface area (Å²) in [5.74, 6) is -0.644. The van der Waals surface area contributed by atoms with Gasteiger partial charge in [-0.1, -0.05) is 22.0 Å². The number of esters is 1. The van der Waals surface area contributed by atoms with Crippen LogP contribution in [0.2, 0.25) is 0 Å². The minimum atomic E-state index is -0.450. The number of carbonyl (C=O) groups excluding carboxylic acids is 2. The molecular formula is C17H15BrFNO3S. The van der Waals surface area contributed by atoms with Crippen LogP contribution in [0.5, 0.6) is 0 Å². The number of thioether (sulfide) groups is 1. The summed E-state index contributed by atoms with van der Waals surface area (Å²) in [6.45, 7) is -0.327. The van der Waals surface area contributed by atoms with Crippen molar-refractivity contribution in [3.05, 3.63) is 58.8 Å². The SMILES string of the molecule is O=C(COC(=O)CCSc1ccc(F)cc1)Nc1cccc(Br)c1. The zero-order chi connectivity index (χ0) is 17.4. The molecular weight excluding hydrogens is 397 g/mol. The molecule has 4 nitrogen and oxygen atoms in total. The molecule has 0 aliphatic rings. The van der Waals surface area contributed by atoms with Crippen molar-refractivity contribution in [2.75, 3.05) is 17.7 Å². The topological polar surface area (TPSA) is 55.4 Å². The third kappa shape index (κ3) is 6.72. The number of carbonyl (C=O) groups is 2. The maximum atomic E-state index is 12.8. The van der Waals surface area contributed by atoms with Crippen LogP contribution in [0.4, 0.5) is 10.1 Å². The number of hydrogen-bond acceptors (Lipinski definition) is 4. The fraction of sp³-hybridized carbons (Fsp3) is 0.176. The molecule has 1 N–H and O–H groups in total. The predicted molar refractivity (Wildman–Crippen MR) is 95.5 cm³/mol. The largest absolute Gasteiger partial charge is 0.456 e. The quantitative estimate of drug-likeness (QED) is 0.546. The van der Waals surface area contributed by atoms with E-state index in [2.05, 4.69) is 21.2 Å². The molecule has 0 saturated carbocycles. The molecule has 2 rings (SSSR count). The molecule has 0 heterocycles. The number of ether oxygens (including phenoxy) is 1. The smallest absolute Gasteiger partial charge is 0.307 e. The molecule has 2 aromatic rings. The molecule has 0 atom stereocenters. The highest BCUT2D eigenvalue weighted by molar-refractivity contribution is 9.10. The molecule has 0 aliphatic carbocycles. The molecule has 0 spiro atoms. The minimum absolute atomic E-state index is 0.173. The highest BCUT2D eigenvalue weighted by Crippen LogP contribution is 2.19. The number of amides is 1. The van der Waals surface area contributed by atoms with E-state index < -0.39 is 11.9 Å². The summed E-state index contributed by atoms with van der Waals surface area (Å²) in [5.41, 5.74) is 0.622. The van der Waals surface area contributed by atoms with E-state index in [4.69, 9.17) is 4.74 Å². The maximum Gasteiger partial charge on any atom is 0.307 e. The van der Waals surface area contributed by atoms with Crippen LogP contribution in [0.25, 0.3) is 0 Å². The average molecular weight is 412 g/mol. The Hall–Kier alpha value is -1.86. The number of nitrogens with one attached hydrogen (secondary N) is 1. The van der Waals surface area contributed by atoms with Crippen molar-refractivity contribution in [3.8, 4) is 0 Å². The summed E-state index contributed by atoms with van der Waals surface area (Å²) < 4.78 is 18.5. The lowest BCUT2D eigenvalue weighted by Crippen LogP contribution is -2.21. The molecule has 0 bridgehead atoms. The van der Waals surface area contributed by atoms with Crippen LogP contribution >= 0.6 is 27.7 Å². The molecule has 0 saturated heterocycles. The Morgan fingerprint density at radius 1 is 1.17 bits per heavy atom. The lowest BCUT2D eigenvalue weighted by molar-refractivity contribution is -0.146. The molecule has 2 aromatic carbocycles. The van der Waals surface area contributed by atoms with Crippen molar-refractivity contribution in [1.29, 1.82) is 0 Å². The van der Waals surface area contributed by atoms with E-state index in [-0.39, 0.29) is 18.8 Å². The molecule has 7 heteroatoms. The van der Waals surface area contributed by atoms with Gasteiger partial charge in [0, 0.05) is 20.8 Å². The predicted octanol–water partition coefficient (Wildman–Crippen LogP) is 4.25. The Morgan fingerprint density at radius 3 is 2.62 bits per heavy atom. The van der Waals surface area contributed by atoms with E-state index in [0.29, 0.717) is 11.4 Å². The minimum Gasteiger partial charge on any atom is -0.456 e. The van der Waals surface area contributed by atoms with E-state index >= 15 is 0 Å². The van der Waals surface area contributed by atoms with Gasteiger partial charge in [-0.05, 0) is 42.5 Å². The molecule has 0 fully saturated rings. The van der Waals surface area contributed by atoms with Crippen LogP contribution in [0.1, 0.15) is 6.42 Å². The first-order chi connectivity index (χ1) is 11.5. The second-order valence-electron chi connectivity index (χ2n) is 4.77. The molecule has 0 aromatic heterocycles. The van der Waals surface area contributed by atoms with Gasteiger partial charge in [0.2, 0.25) is 0 Å². The van der Waals surface area contributed by atoms with Gasteiger partial charge in [0.25, 0.3) is 5.91 Å². The Labute approximate surface area is 151 Å². The third-order valence-corrected chi connectivity index (χ3v) is 4.37. The molecule has 24 heavy (non-hydrogen) atoms. The lowest BCUT2D eigenvalue weighted by atomic mass is 10.3. The Morgan fingerprint density at radius 2 is 1.92 bits per heavy atom. The van der Waals surface area contributed by atoms with Gasteiger partial charge in [0.05, 0.1) is 6.42 Å². The van der Waals surface area contributed by atoms with Crippen molar-refractivity contribution in [2.45, 2.75) is 11.3 Å². The average Bonchev–Trinajstić information content (AvgIpc) is 2.55. The monoisotopic (exact) mass is 411 g/mol. The van der Waals surface area contributed by atoms with Gasteiger partial charge in [-0.15, -0.1) is 11.8 Å². The summed E-state index contributed by atoms with van der Waals surface area (Å²) in [7, 11) is 0. The van der Waals surface area contributed by atoms with Crippen molar-refractivity contribution >= 4 is 45.3 Å². The lowest BCUT2D eigenvalue weighted by Gasteiger charge is -2.07. The summed E-state index contributed by atoms with van der Waals surface area (Å²) in [6.07, 6.45) is 0.173. The summed E-state index contributed by atoms with van der Waals surface area (Å²) in [6, 6.07) is 13.2. The van der Waals surface area contributed by atoms with E-state index in [1.165, 1.54) is 23.9 Å². The van der Waals surface area contributed by atoms with Crippen LogP contribution in [0, 0.1) is 5.82 Å². The number of benzene rings is 2. The molecule has 0 radical (unpaired) electrons. The van der Waals surface area contributed by atoms with Gasteiger partial charge in [0.1, 0.15) is 5.82 Å². The summed E-state index contributed by atoms with van der Waals surface area (Å²) in [4.78, 5) is 24.2. The zero-order valence-electron chi connectivity index (χ0n) is 12.6. The van der Waals surface area contributed by atoms with Crippen LogP contribution in [-0.4, -0.2) is 24.2 Å². The van der Waals surface area contributed by atoms with Crippen LogP contribution in [-0.2, 0) is 14.3 Å². The third-order valence-electron chi connectivity index (χ3n) is 2.86. The van der Waals surface area contributed by atoms with Crippen LogP contribution < -0.4 is 5.32 Å². The Balaban J connectivity index is 1.65. The first-order valence-electron chi connectivity index (χ1n) is 7.12. The van der Waals surface area contributed by atoms with Gasteiger partial charge >= 0.3 is 5.97 Å². The second kappa shape index (κ2) is 9.44. The van der Waals surface area contributed by atoms with E-state index in [1.54, 1.807) is 30.3 Å². The molecule has 0 aliphatic heterocycles. The standard InChI is InChI=1S/C17H15BrFNO3S/c18-12-2-1-3-14(10-12)20-16(21)11-23-17(22)8-9-24-15-6-4-13(19)5-7-15/h1-7,10H,8-9,11H2,(H,20,21). The summed E-state index contributed by atoms with van der Waals surface area (Å²) >= 11 is 4.73. The summed E-state index contributed by atoms with van der Waals surface area (Å²) in [5, 5.41) is 2.64. The van der Waals surface area contributed by atoms with Crippen molar-refractivity contribution in [1.82, 2.24) is 0 Å². The van der Waals surface area contributed by atoms with E-state index in [1.807, 2.05) is 6.07 Å². The molecule has 126 valence electrons. The number of rotatable bonds is 7. The Kier molecular flexibility index (Phi) is 7.27. The zero-order valence-corrected chi connectivity index (χ0v) is 15.0. The fourth-order valence-electron chi connectivity index (χ4n) is 1.76. The van der Waals surface area contributed by atoms with Crippen molar-refractivity contribution in [2.24, 2.45) is 0 Å². The van der Waals surface area contributed by atoms with Crippen LogP contribution in [0.15, 0.2) is 57.9 Å². The van der Waals surface area contributed by atoms with Gasteiger partial charge < -0.3 is 10.1 Å². The van der Waals surface area contributed by atoms with Crippen molar-refractivity contribution in [3.63, 3.8) is 0 Å². The van der Waals surface area contributed by atoms with Gasteiger partial charge in [-0.3, -0.25) is 9.59 Å². The van der Waals surface area contributed by atoms with Gasteiger partial charge in [0.15, 0.2) is 6.61 Å². The first-order valence-corrected chi connectivity index (χ1v) is 8.90. The highest BCUT2D eigenvalue weighted by Gasteiger charge is 2.08. The van der Waals surface area contributed by atoms with E-state index in [0.717, 1.165) is 9.37 Å². The molecule has 1 amide bonds. The van der Waals surface area contributed by atoms with E-state index in [9.17, 15) is 14.0 Å². The number of halogens is 2. The number of hydrogen-bond donors (Lipinski definition) is 1. The molecule has 0 unspecified atom stereocenters. The second-order valence-corrected chi connectivity index (χ2v) is 6.86. The van der Waals surface area contributed by atoms with Gasteiger partial charge in [-0.2, -0.15) is 0 Å². The first kappa shape index (κ1) is 18.5. The number of anilines is 1. The highest BCUT2D eigenvalue weighted by atomic mass is 79.9.